The average Bonchev–Trinajstić information content (AvgIpc) is 3.40. The van der Waals surface area contributed by atoms with Gasteiger partial charge in [0.05, 0.1) is 39.5 Å². The van der Waals surface area contributed by atoms with Crippen molar-refractivity contribution in [3.05, 3.63) is 84.5 Å². The number of rotatable bonds is 2. The van der Waals surface area contributed by atoms with Crippen LogP contribution in [-0.4, -0.2) is 14.5 Å². The summed E-state index contributed by atoms with van der Waals surface area (Å²) in [6, 6.07) is 18.9. The monoisotopic (exact) mass is 433 g/mol. The largest absolute Gasteiger partial charge is 0.307 e. The van der Waals surface area contributed by atoms with Crippen LogP contribution in [-0.2, 0) is 6.42 Å². The van der Waals surface area contributed by atoms with E-state index in [1.165, 1.54) is 31.9 Å². The zero-order chi connectivity index (χ0) is 21.1. The summed E-state index contributed by atoms with van der Waals surface area (Å²) in [5.74, 6) is 0. The molecule has 0 unspecified atom stereocenters. The lowest BCUT2D eigenvalue weighted by Crippen LogP contribution is -2.15. The van der Waals surface area contributed by atoms with Gasteiger partial charge in [0.15, 0.2) is 0 Å². The Hall–Kier alpha value is -3.90. The fourth-order valence-corrected chi connectivity index (χ4v) is 6.06. The third-order valence-corrected chi connectivity index (χ3v) is 7.42. The van der Waals surface area contributed by atoms with E-state index in [0.717, 1.165) is 41.2 Å². The van der Waals surface area contributed by atoms with E-state index in [-0.39, 0.29) is 0 Å². The van der Waals surface area contributed by atoms with Crippen molar-refractivity contribution in [3.8, 4) is 27.5 Å². The van der Waals surface area contributed by atoms with E-state index < -0.39 is 0 Å². The molecule has 1 aliphatic heterocycles. The van der Waals surface area contributed by atoms with Gasteiger partial charge in [-0.15, -0.1) is 11.3 Å². The van der Waals surface area contributed by atoms with Crippen LogP contribution in [0.4, 0.5) is 11.4 Å². The first-order chi connectivity index (χ1) is 15.9. The summed E-state index contributed by atoms with van der Waals surface area (Å²) in [6.45, 7) is 0. The van der Waals surface area contributed by atoms with Gasteiger partial charge in [-0.25, -0.2) is 9.97 Å². The molecule has 6 heteroatoms. The van der Waals surface area contributed by atoms with Crippen LogP contribution in [0, 0.1) is 0 Å². The van der Waals surface area contributed by atoms with E-state index in [1.807, 2.05) is 23.6 Å². The molecule has 2 aliphatic rings. The normalized spacial score (nSPS) is 13.8. The van der Waals surface area contributed by atoms with Crippen molar-refractivity contribution in [1.82, 2.24) is 14.5 Å². The number of hydrogen-bond acceptors (Lipinski definition) is 5. The number of allylic oxidation sites excluding steroid dienone is 1. The SMILES string of the molecule is C1=Cc2c3c(n(-c4cncnc4-c4ccccc4)c2CC1)-c1sc2ccccc2c1NN3. The highest BCUT2D eigenvalue weighted by molar-refractivity contribution is 7.23. The Labute approximate surface area is 189 Å². The predicted molar refractivity (Wildman–Crippen MR) is 132 cm³/mol. The van der Waals surface area contributed by atoms with Gasteiger partial charge in [-0.3, -0.25) is 10.9 Å². The molecule has 7 rings (SSSR count). The Morgan fingerprint density at radius 1 is 0.938 bits per heavy atom. The average molecular weight is 434 g/mol. The molecule has 0 radical (unpaired) electrons. The highest BCUT2D eigenvalue weighted by Crippen LogP contribution is 2.52. The number of benzene rings is 2. The van der Waals surface area contributed by atoms with Gasteiger partial charge in [0.25, 0.3) is 0 Å². The van der Waals surface area contributed by atoms with Crippen LogP contribution < -0.4 is 10.9 Å². The van der Waals surface area contributed by atoms with Gasteiger partial charge in [0.2, 0.25) is 0 Å². The zero-order valence-corrected chi connectivity index (χ0v) is 18.0. The molecular formula is C26H19N5S. The Morgan fingerprint density at radius 2 is 1.78 bits per heavy atom. The lowest BCUT2D eigenvalue weighted by atomic mass is 10.0. The molecule has 0 bridgehead atoms. The highest BCUT2D eigenvalue weighted by Gasteiger charge is 2.32. The number of anilines is 2. The topological polar surface area (TPSA) is 54.8 Å². The summed E-state index contributed by atoms with van der Waals surface area (Å²) in [7, 11) is 0. The Morgan fingerprint density at radius 3 is 2.72 bits per heavy atom. The minimum atomic E-state index is 0.942. The van der Waals surface area contributed by atoms with Crippen LogP contribution in [0.15, 0.2) is 73.2 Å². The van der Waals surface area contributed by atoms with Gasteiger partial charge in [-0.2, -0.15) is 0 Å². The molecule has 4 heterocycles. The fourth-order valence-electron chi connectivity index (χ4n) is 4.86. The van der Waals surface area contributed by atoms with Gasteiger partial charge >= 0.3 is 0 Å². The van der Waals surface area contributed by atoms with Crippen molar-refractivity contribution < 1.29 is 0 Å². The van der Waals surface area contributed by atoms with Gasteiger partial charge in [0.1, 0.15) is 6.33 Å². The summed E-state index contributed by atoms with van der Waals surface area (Å²) in [6.07, 6.45) is 10.1. The van der Waals surface area contributed by atoms with Crippen molar-refractivity contribution in [2.45, 2.75) is 12.8 Å². The number of nitrogens with one attached hydrogen (secondary N) is 2. The van der Waals surface area contributed by atoms with Crippen molar-refractivity contribution in [1.29, 1.82) is 0 Å². The number of thiophene rings is 1. The highest BCUT2D eigenvalue weighted by atomic mass is 32.1. The number of nitrogens with zero attached hydrogens (tertiary/aromatic N) is 3. The van der Waals surface area contributed by atoms with Crippen molar-refractivity contribution >= 4 is 38.9 Å². The van der Waals surface area contributed by atoms with Gasteiger partial charge in [-0.05, 0) is 18.9 Å². The number of hydrazine groups is 1. The van der Waals surface area contributed by atoms with E-state index in [9.17, 15) is 0 Å². The second kappa shape index (κ2) is 6.80. The Balaban J connectivity index is 1.58. The maximum atomic E-state index is 4.72. The van der Waals surface area contributed by atoms with Crippen molar-refractivity contribution in [3.63, 3.8) is 0 Å². The van der Waals surface area contributed by atoms with Crippen LogP contribution >= 0.6 is 11.3 Å². The molecule has 0 spiro atoms. The molecule has 0 saturated carbocycles. The van der Waals surface area contributed by atoms with E-state index in [1.54, 1.807) is 6.33 Å². The molecule has 0 atom stereocenters. The lowest BCUT2D eigenvalue weighted by molar-refractivity contribution is 0.872. The summed E-state index contributed by atoms with van der Waals surface area (Å²) in [4.78, 5) is 10.4. The van der Waals surface area contributed by atoms with Crippen molar-refractivity contribution in [2.75, 3.05) is 10.9 Å². The first kappa shape index (κ1) is 17.7. The molecule has 0 amide bonds. The van der Waals surface area contributed by atoms with Gasteiger partial charge in [-0.1, -0.05) is 60.7 Å². The number of fused-ring (bicyclic) bond motifs is 7. The minimum absolute atomic E-state index is 0.942. The quantitative estimate of drug-likeness (QED) is 0.332. The first-order valence-electron chi connectivity index (χ1n) is 10.7. The Bertz CT molecular complexity index is 1530. The molecule has 0 fully saturated rings. The van der Waals surface area contributed by atoms with Crippen LogP contribution in [0.3, 0.4) is 0 Å². The summed E-state index contributed by atoms with van der Waals surface area (Å²) in [5.41, 5.74) is 16.0. The molecule has 2 N–H and O–H groups in total. The zero-order valence-electron chi connectivity index (χ0n) is 17.2. The second-order valence-electron chi connectivity index (χ2n) is 8.04. The molecule has 154 valence electrons. The van der Waals surface area contributed by atoms with E-state index in [4.69, 9.17) is 4.98 Å². The number of hydrogen-bond donors (Lipinski definition) is 2. The van der Waals surface area contributed by atoms with E-state index >= 15 is 0 Å². The van der Waals surface area contributed by atoms with Gasteiger partial charge < -0.3 is 4.57 Å². The maximum absolute atomic E-state index is 4.72. The molecule has 0 saturated heterocycles. The smallest absolute Gasteiger partial charge is 0.116 e. The van der Waals surface area contributed by atoms with Crippen LogP contribution in [0.2, 0.25) is 0 Å². The molecule has 3 aromatic heterocycles. The lowest BCUT2D eigenvalue weighted by Gasteiger charge is -2.21. The van der Waals surface area contributed by atoms with Gasteiger partial charge in [0, 0.05) is 26.9 Å². The predicted octanol–water partition coefficient (Wildman–Crippen LogP) is 6.53. The molecule has 5 aromatic rings. The van der Waals surface area contributed by atoms with Crippen LogP contribution in [0.5, 0.6) is 0 Å². The molecule has 2 aromatic carbocycles. The molecular weight excluding hydrogens is 414 g/mol. The molecule has 5 nitrogen and oxygen atoms in total. The third kappa shape index (κ3) is 2.44. The summed E-state index contributed by atoms with van der Waals surface area (Å²) >= 11 is 1.83. The maximum Gasteiger partial charge on any atom is 0.116 e. The van der Waals surface area contributed by atoms with E-state index in [0.29, 0.717) is 0 Å². The van der Waals surface area contributed by atoms with Crippen molar-refractivity contribution in [2.24, 2.45) is 0 Å². The fraction of sp³-hybridized carbons (Fsp3) is 0.0769. The standard InChI is InChI=1S/C26H19N5S/c1-2-8-16(9-3-1)22-20(14-27-15-28-22)31-19-12-6-4-10-17(19)23-25(31)26-24(30-29-23)18-11-5-7-13-21(18)32-26/h1-5,7-11,13-15,29-30H,6,12H2. The summed E-state index contributed by atoms with van der Waals surface area (Å²) in [5, 5.41) is 1.24. The van der Waals surface area contributed by atoms with Crippen LogP contribution in [0.1, 0.15) is 17.7 Å². The second-order valence-corrected chi connectivity index (χ2v) is 9.09. The molecule has 32 heavy (non-hydrogen) atoms. The minimum Gasteiger partial charge on any atom is -0.307 e. The molecule has 1 aliphatic carbocycles. The number of aromatic nitrogens is 3. The van der Waals surface area contributed by atoms with E-state index in [2.05, 4.69) is 81.1 Å². The summed E-state index contributed by atoms with van der Waals surface area (Å²) < 4.78 is 3.66. The third-order valence-electron chi connectivity index (χ3n) is 6.25. The Kier molecular flexibility index (Phi) is 3.77. The van der Waals surface area contributed by atoms with Crippen LogP contribution in [0.25, 0.3) is 43.7 Å². The first-order valence-corrected chi connectivity index (χ1v) is 11.6.